The first kappa shape index (κ1) is 23.4. The van der Waals surface area contributed by atoms with Crippen LogP contribution in [0, 0.1) is 0 Å². The van der Waals surface area contributed by atoms with E-state index in [2.05, 4.69) is 20.4 Å². The summed E-state index contributed by atoms with van der Waals surface area (Å²) < 4.78 is 41.2. The van der Waals surface area contributed by atoms with Crippen LogP contribution in [0.3, 0.4) is 0 Å². The van der Waals surface area contributed by atoms with Gasteiger partial charge >= 0.3 is 11.9 Å². The molecule has 1 aliphatic rings. The zero-order valence-electron chi connectivity index (χ0n) is 18.6. The zero-order valence-corrected chi connectivity index (χ0v) is 19.4. The van der Waals surface area contributed by atoms with Gasteiger partial charge < -0.3 is 10.2 Å². The average molecular weight is 503 g/mol. The molecule has 0 radical (unpaired) electrons. The number of anilines is 1. The van der Waals surface area contributed by atoms with Crippen molar-refractivity contribution in [1.29, 1.82) is 0 Å². The fourth-order valence-electron chi connectivity index (χ4n) is 4.25. The lowest BCUT2D eigenvalue weighted by atomic mass is 10.1. The van der Waals surface area contributed by atoms with E-state index in [1.54, 1.807) is 18.3 Å². The van der Waals surface area contributed by atoms with Gasteiger partial charge in [0.25, 0.3) is 0 Å². The lowest BCUT2D eigenvalue weighted by molar-refractivity contribution is -0.137. The normalized spacial score (nSPS) is 14.9. The number of nitrogens with one attached hydrogen (secondary N) is 1. The maximum atomic E-state index is 13.1. The molecule has 7 nitrogen and oxygen atoms in total. The van der Waals surface area contributed by atoms with Crippen molar-refractivity contribution in [2.45, 2.75) is 19.1 Å². The summed E-state index contributed by atoms with van der Waals surface area (Å²) in [4.78, 5) is 15.3. The molecule has 0 aliphatic carbocycles. The molecule has 0 bridgehead atoms. The molecule has 1 aliphatic heterocycles. The van der Waals surface area contributed by atoms with Crippen molar-refractivity contribution in [1.82, 2.24) is 24.7 Å². The van der Waals surface area contributed by atoms with Crippen LogP contribution >= 0.6 is 11.6 Å². The molecule has 0 atom stereocenters. The van der Waals surface area contributed by atoms with Crippen molar-refractivity contribution >= 4 is 22.9 Å². The van der Waals surface area contributed by atoms with E-state index in [0.717, 1.165) is 61.5 Å². The van der Waals surface area contributed by atoms with E-state index in [1.807, 2.05) is 12.1 Å². The van der Waals surface area contributed by atoms with Crippen molar-refractivity contribution in [2.24, 2.45) is 0 Å². The lowest BCUT2D eigenvalue weighted by Gasteiger charge is -2.25. The van der Waals surface area contributed by atoms with E-state index in [1.165, 1.54) is 21.3 Å². The number of fused-ring (bicyclic) bond motifs is 1. The van der Waals surface area contributed by atoms with E-state index in [9.17, 15) is 18.0 Å². The maximum absolute atomic E-state index is 13.1. The smallest absolute Gasteiger partial charge is 0.367 e. The van der Waals surface area contributed by atoms with E-state index >= 15 is 0 Å². The van der Waals surface area contributed by atoms with Crippen LogP contribution in [-0.4, -0.2) is 45.6 Å². The number of hydrogen-bond acceptors (Lipinski definition) is 5. The summed E-state index contributed by atoms with van der Waals surface area (Å²) in [6.07, 6.45) is -1.85. The molecule has 2 aromatic heterocycles. The highest BCUT2D eigenvalue weighted by Gasteiger charge is 2.30. The molecule has 11 heteroatoms. The third-order valence-corrected chi connectivity index (χ3v) is 6.26. The molecular formula is C24H22ClF3N6O. The Morgan fingerprint density at radius 3 is 2.46 bits per heavy atom. The largest absolute Gasteiger partial charge is 0.416 e. The highest BCUT2D eigenvalue weighted by atomic mass is 35.5. The van der Waals surface area contributed by atoms with E-state index < -0.39 is 17.4 Å². The average Bonchev–Trinajstić information content (AvgIpc) is 3.00. The van der Waals surface area contributed by atoms with Crippen LogP contribution in [0.4, 0.5) is 18.9 Å². The minimum atomic E-state index is -4.42. The van der Waals surface area contributed by atoms with Crippen LogP contribution < -0.4 is 15.9 Å². The first-order valence-corrected chi connectivity index (χ1v) is 11.6. The number of halogens is 4. The van der Waals surface area contributed by atoms with Gasteiger partial charge in [-0.25, -0.2) is 9.48 Å². The molecular weight excluding hydrogens is 481 g/mol. The SMILES string of the molecule is O=c1n(Cc2ccc(C(F)(F)F)cc2)nc2c(N3CCCNCC3)c(-c3ccc(Cl)cc3)cnn12. The molecule has 3 heterocycles. The Balaban J connectivity index is 1.60. The molecule has 0 spiro atoms. The number of alkyl halides is 3. The number of benzene rings is 2. The molecule has 1 saturated heterocycles. The highest BCUT2D eigenvalue weighted by Crippen LogP contribution is 2.34. The Morgan fingerprint density at radius 1 is 1.00 bits per heavy atom. The number of nitrogens with zero attached hydrogens (tertiary/aromatic N) is 5. The van der Waals surface area contributed by atoms with E-state index in [-0.39, 0.29) is 6.54 Å². The van der Waals surface area contributed by atoms with Crippen LogP contribution in [0.2, 0.25) is 5.02 Å². The molecule has 2 aromatic carbocycles. The second-order valence-electron chi connectivity index (χ2n) is 8.37. The second kappa shape index (κ2) is 9.35. The summed E-state index contributed by atoms with van der Waals surface area (Å²) in [6, 6.07) is 12.1. The monoisotopic (exact) mass is 502 g/mol. The minimum Gasteiger partial charge on any atom is -0.367 e. The Morgan fingerprint density at radius 2 is 1.74 bits per heavy atom. The molecule has 0 amide bonds. The van der Waals surface area contributed by atoms with Crippen molar-refractivity contribution in [3.05, 3.63) is 81.4 Å². The van der Waals surface area contributed by atoms with Gasteiger partial charge in [-0.2, -0.15) is 22.8 Å². The molecule has 4 aromatic rings. The fourth-order valence-corrected chi connectivity index (χ4v) is 4.37. The molecule has 1 fully saturated rings. The van der Waals surface area contributed by atoms with Crippen molar-refractivity contribution in [2.75, 3.05) is 31.1 Å². The fraction of sp³-hybridized carbons (Fsp3) is 0.292. The van der Waals surface area contributed by atoms with Crippen LogP contribution in [0.1, 0.15) is 17.5 Å². The molecule has 182 valence electrons. The van der Waals surface area contributed by atoms with Crippen molar-refractivity contribution in [3.8, 4) is 11.1 Å². The van der Waals surface area contributed by atoms with Gasteiger partial charge in [-0.15, -0.1) is 5.10 Å². The third-order valence-electron chi connectivity index (χ3n) is 6.01. The van der Waals surface area contributed by atoms with E-state index in [4.69, 9.17) is 11.6 Å². The van der Waals surface area contributed by atoms with Gasteiger partial charge in [0.05, 0.1) is 24.0 Å². The Kier molecular flexibility index (Phi) is 6.24. The Bertz CT molecular complexity index is 1390. The summed E-state index contributed by atoms with van der Waals surface area (Å²) in [5, 5.41) is 12.9. The quantitative estimate of drug-likeness (QED) is 0.455. The van der Waals surface area contributed by atoms with Crippen molar-refractivity contribution in [3.63, 3.8) is 0 Å². The Labute approximate surface area is 203 Å². The van der Waals surface area contributed by atoms with Gasteiger partial charge in [0, 0.05) is 30.2 Å². The van der Waals surface area contributed by atoms with Gasteiger partial charge in [-0.1, -0.05) is 35.9 Å². The molecule has 0 unspecified atom stereocenters. The van der Waals surface area contributed by atoms with Crippen LogP contribution in [0.5, 0.6) is 0 Å². The summed E-state index contributed by atoms with van der Waals surface area (Å²) in [6.45, 7) is 3.19. The van der Waals surface area contributed by atoms with Gasteiger partial charge in [-0.05, 0) is 48.4 Å². The minimum absolute atomic E-state index is 0.0254. The summed E-state index contributed by atoms with van der Waals surface area (Å²) >= 11 is 6.08. The van der Waals surface area contributed by atoms with Crippen LogP contribution in [0.25, 0.3) is 16.8 Å². The number of aromatic nitrogens is 4. The number of rotatable bonds is 4. The lowest BCUT2D eigenvalue weighted by Crippen LogP contribution is -2.29. The molecule has 1 N–H and O–H groups in total. The van der Waals surface area contributed by atoms with Gasteiger partial charge in [0.1, 0.15) is 0 Å². The van der Waals surface area contributed by atoms with Gasteiger partial charge in [0.15, 0.2) is 0 Å². The molecule has 0 saturated carbocycles. The predicted octanol–water partition coefficient (Wildman–Crippen LogP) is 4.08. The maximum Gasteiger partial charge on any atom is 0.416 e. The van der Waals surface area contributed by atoms with Gasteiger partial charge in [-0.3, -0.25) is 0 Å². The van der Waals surface area contributed by atoms with Crippen LogP contribution in [-0.2, 0) is 12.7 Å². The van der Waals surface area contributed by atoms with Crippen molar-refractivity contribution < 1.29 is 13.2 Å². The van der Waals surface area contributed by atoms with E-state index in [0.29, 0.717) is 16.2 Å². The third kappa shape index (κ3) is 4.76. The standard InChI is InChI=1S/C24H22ClF3N6O/c25-19-8-4-17(5-9-19)20-14-30-34-22(21(20)32-12-1-10-29-11-13-32)31-33(23(34)35)15-16-2-6-18(7-3-16)24(26,27)28/h2-9,14,29H,1,10-13,15H2. The van der Waals surface area contributed by atoms with Gasteiger partial charge in [0.2, 0.25) is 5.65 Å². The Hall–Kier alpha value is -3.37. The molecule has 35 heavy (non-hydrogen) atoms. The highest BCUT2D eigenvalue weighted by molar-refractivity contribution is 6.30. The summed E-state index contributed by atoms with van der Waals surface area (Å²) in [5.74, 6) is 0. The second-order valence-corrected chi connectivity index (χ2v) is 8.81. The first-order valence-electron chi connectivity index (χ1n) is 11.2. The summed E-state index contributed by atoms with van der Waals surface area (Å²) in [7, 11) is 0. The predicted molar refractivity (Wildman–Crippen MR) is 128 cm³/mol. The first-order chi connectivity index (χ1) is 16.8. The van der Waals surface area contributed by atoms with Crippen LogP contribution in [0.15, 0.2) is 59.5 Å². The number of hydrogen-bond donors (Lipinski definition) is 1. The zero-order chi connectivity index (χ0) is 24.6. The molecule has 5 rings (SSSR count). The topological polar surface area (TPSA) is 67.5 Å². The summed E-state index contributed by atoms with van der Waals surface area (Å²) in [5.41, 5.74) is 2.23.